The molecule has 0 heterocycles. The topological polar surface area (TPSA) is 81.8 Å². The molecular weight excluding hydrogens is 216 g/mol. The van der Waals surface area contributed by atoms with Crippen molar-refractivity contribution in [2.24, 2.45) is 10.9 Å². The van der Waals surface area contributed by atoms with E-state index in [0.717, 1.165) is 11.8 Å². The molecule has 0 fully saturated rings. The van der Waals surface area contributed by atoms with Gasteiger partial charge in [0.25, 0.3) is 0 Å². The molecule has 15 heavy (non-hydrogen) atoms. The molecule has 0 bridgehead atoms. The first kappa shape index (κ1) is 11.5. The highest BCUT2D eigenvalue weighted by Gasteiger charge is 2.02. The largest absolute Gasteiger partial charge is 0.380 e. The van der Waals surface area contributed by atoms with E-state index in [0.29, 0.717) is 5.56 Å². The summed E-state index contributed by atoms with van der Waals surface area (Å²) >= 11 is 0. The van der Waals surface area contributed by atoms with Crippen LogP contribution in [0.5, 0.6) is 0 Å². The maximum Gasteiger partial charge on any atom is 0.325 e. The van der Waals surface area contributed by atoms with Crippen LogP contribution in [0.3, 0.4) is 0 Å². The van der Waals surface area contributed by atoms with Crippen molar-refractivity contribution in [3.05, 3.63) is 35.4 Å². The Labute approximate surface area is 88.7 Å². The van der Waals surface area contributed by atoms with Crippen LogP contribution in [-0.2, 0) is 14.4 Å². The van der Waals surface area contributed by atoms with Gasteiger partial charge < -0.3 is 5.73 Å². The maximum atomic E-state index is 10.6. The number of nitrogens with two attached hydrogens (primary N) is 1. The zero-order valence-electron chi connectivity index (χ0n) is 8.47. The summed E-state index contributed by atoms with van der Waals surface area (Å²) in [6.45, 7) is 1.93. The standard InChI is InChI=1S/C9H12N2O3S/c1-7-3-5-8(6-4-7)9(10)11-14-15(2,12)13/h3-6H,1-2H3,(H2,10,11). The monoisotopic (exact) mass is 228 g/mol. The van der Waals surface area contributed by atoms with Crippen molar-refractivity contribution in [1.82, 2.24) is 0 Å². The molecule has 6 heteroatoms. The molecule has 82 valence electrons. The molecule has 0 saturated carbocycles. The van der Waals surface area contributed by atoms with E-state index in [1.54, 1.807) is 12.1 Å². The molecule has 0 aliphatic heterocycles. The maximum absolute atomic E-state index is 10.6. The van der Waals surface area contributed by atoms with Crippen LogP contribution in [0.15, 0.2) is 29.4 Å². The van der Waals surface area contributed by atoms with Crippen molar-refractivity contribution in [3.63, 3.8) is 0 Å². The van der Waals surface area contributed by atoms with Gasteiger partial charge in [0, 0.05) is 5.56 Å². The molecule has 0 atom stereocenters. The minimum absolute atomic E-state index is 0.0282. The van der Waals surface area contributed by atoms with Crippen LogP contribution >= 0.6 is 0 Å². The first-order chi connectivity index (χ1) is 6.88. The van der Waals surface area contributed by atoms with Crippen molar-refractivity contribution in [1.29, 1.82) is 0 Å². The van der Waals surface area contributed by atoms with Crippen molar-refractivity contribution < 1.29 is 12.7 Å². The van der Waals surface area contributed by atoms with Gasteiger partial charge in [0.1, 0.15) is 0 Å². The molecule has 0 aliphatic rings. The lowest BCUT2D eigenvalue weighted by atomic mass is 10.1. The molecule has 0 amide bonds. The lowest BCUT2D eigenvalue weighted by Crippen LogP contribution is -2.14. The Hall–Kier alpha value is -1.56. The molecule has 1 aromatic carbocycles. The van der Waals surface area contributed by atoms with E-state index in [-0.39, 0.29) is 5.84 Å². The van der Waals surface area contributed by atoms with Gasteiger partial charge in [-0.15, -0.1) is 0 Å². The fraction of sp³-hybridized carbons (Fsp3) is 0.222. The summed E-state index contributed by atoms with van der Waals surface area (Å²) in [5.41, 5.74) is 7.21. The fourth-order valence-corrected chi connectivity index (χ4v) is 1.10. The van der Waals surface area contributed by atoms with Crippen molar-refractivity contribution in [3.8, 4) is 0 Å². The SMILES string of the molecule is Cc1ccc(/C(N)=N/OS(C)(=O)=O)cc1. The zero-order valence-corrected chi connectivity index (χ0v) is 9.28. The second-order valence-electron chi connectivity index (χ2n) is 3.12. The van der Waals surface area contributed by atoms with Gasteiger partial charge >= 0.3 is 10.1 Å². The summed E-state index contributed by atoms with van der Waals surface area (Å²) in [6.07, 6.45) is 0.902. The Kier molecular flexibility index (Phi) is 3.31. The molecule has 1 aromatic rings. The summed E-state index contributed by atoms with van der Waals surface area (Å²) < 4.78 is 25.5. The van der Waals surface area contributed by atoms with Gasteiger partial charge in [0.2, 0.25) is 0 Å². The summed E-state index contributed by atoms with van der Waals surface area (Å²) in [5, 5.41) is 3.30. The van der Waals surface area contributed by atoms with Crippen LogP contribution in [0, 0.1) is 6.92 Å². The van der Waals surface area contributed by atoms with E-state index >= 15 is 0 Å². The Morgan fingerprint density at radius 3 is 2.33 bits per heavy atom. The number of nitrogens with zero attached hydrogens (tertiary/aromatic N) is 1. The highest BCUT2D eigenvalue weighted by atomic mass is 32.2. The molecule has 0 spiro atoms. The van der Waals surface area contributed by atoms with E-state index in [2.05, 4.69) is 9.44 Å². The van der Waals surface area contributed by atoms with Crippen molar-refractivity contribution in [2.45, 2.75) is 6.92 Å². The second kappa shape index (κ2) is 4.31. The lowest BCUT2D eigenvalue weighted by molar-refractivity contribution is 0.342. The van der Waals surface area contributed by atoms with Crippen molar-refractivity contribution in [2.75, 3.05) is 6.26 Å². The number of amidine groups is 1. The highest BCUT2D eigenvalue weighted by molar-refractivity contribution is 7.85. The summed E-state index contributed by atoms with van der Waals surface area (Å²) in [4.78, 5) is 0. The average molecular weight is 228 g/mol. The predicted octanol–water partition coefficient (Wildman–Crippen LogP) is 0.592. The smallest absolute Gasteiger partial charge is 0.325 e. The van der Waals surface area contributed by atoms with Gasteiger partial charge in [-0.2, -0.15) is 8.42 Å². The Balaban J connectivity index is 2.85. The number of rotatable bonds is 3. The van der Waals surface area contributed by atoms with E-state index in [4.69, 9.17) is 5.73 Å². The summed E-state index contributed by atoms with van der Waals surface area (Å²) in [6, 6.07) is 7.16. The van der Waals surface area contributed by atoms with Crippen molar-refractivity contribution >= 4 is 16.0 Å². The number of hydrogen-bond donors (Lipinski definition) is 1. The molecule has 2 N–H and O–H groups in total. The number of oxime groups is 1. The van der Waals surface area contributed by atoms with Gasteiger partial charge in [-0.25, -0.2) is 0 Å². The first-order valence-corrected chi connectivity index (χ1v) is 5.99. The molecule has 0 unspecified atom stereocenters. The fourth-order valence-electron chi connectivity index (χ4n) is 0.885. The molecular formula is C9H12N2O3S. The average Bonchev–Trinajstić information content (AvgIpc) is 2.14. The predicted molar refractivity (Wildman–Crippen MR) is 57.8 cm³/mol. The highest BCUT2D eigenvalue weighted by Crippen LogP contribution is 2.03. The Morgan fingerprint density at radius 2 is 1.87 bits per heavy atom. The minimum Gasteiger partial charge on any atom is -0.380 e. The van der Waals surface area contributed by atoms with Crippen LogP contribution < -0.4 is 5.73 Å². The normalized spacial score (nSPS) is 12.5. The van der Waals surface area contributed by atoms with E-state index in [1.165, 1.54) is 0 Å². The van der Waals surface area contributed by atoms with Crippen LogP contribution in [0.1, 0.15) is 11.1 Å². The number of benzene rings is 1. The Morgan fingerprint density at radius 1 is 1.33 bits per heavy atom. The van der Waals surface area contributed by atoms with Gasteiger partial charge in [0.05, 0.1) is 6.26 Å². The zero-order chi connectivity index (χ0) is 11.5. The molecule has 0 aliphatic carbocycles. The summed E-state index contributed by atoms with van der Waals surface area (Å²) in [7, 11) is -3.60. The summed E-state index contributed by atoms with van der Waals surface area (Å²) in [5.74, 6) is 0.0282. The molecule has 5 nitrogen and oxygen atoms in total. The van der Waals surface area contributed by atoms with Gasteiger partial charge in [-0.05, 0) is 12.1 Å². The molecule has 0 radical (unpaired) electrons. The van der Waals surface area contributed by atoms with E-state index in [1.807, 2.05) is 19.1 Å². The quantitative estimate of drug-likeness (QED) is 0.466. The molecule has 0 saturated heterocycles. The van der Waals surface area contributed by atoms with Crippen LogP contribution in [-0.4, -0.2) is 20.5 Å². The minimum atomic E-state index is -3.60. The van der Waals surface area contributed by atoms with Crippen LogP contribution in [0.25, 0.3) is 0 Å². The first-order valence-electron chi connectivity index (χ1n) is 4.17. The third-order valence-electron chi connectivity index (χ3n) is 1.62. The lowest BCUT2D eigenvalue weighted by Gasteiger charge is -2.00. The van der Waals surface area contributed by atoms with Crippen LogP contribution in [0.2, 0.25) is 0 Å². The molecule has 0 aromatic heterocycles. The molecule has 1 rings (SSSR count). The van der Waals surface area contributed by atoms with Gasteiger partial charge in [-0.3, -0.25) is 4.28 Å². The van der Waals surface area contributed by atoms with E-state index in [9.17, 15) is 8.42 Å². The number of hydrogen-bond acceptors (Lipinski definition) is 4. The third kappa shape index (κ3) is 3.99. The Bertz CT molecular complexity index is 463. The third-order valence-corrected chi connectivity index (χ3v) is 1.96. The van der Waals surface area contributed by atoms with Gasteiger partial charge in [-0.1, -0.05) is 29.8 Å². The van der Waals surface area contributed by atoms with Crippen LogP contribution in [0.4, 0.5) is 0 Å². The second-order valence-corrected chi connectivity index (χ2v) is 4.68. The number of aryl methyl sites for hydroxylation is 1. The van der Waals surface area contributed by atoms with E-state index < -0.39 is 10.1 Å². The van der Waals surface area contributed by atoms with Gasteiger partial charge in [0.15, 0.2) is 5.84 Å².